The maximum Gasteiger partial charge on any atom is 0.335 e. The van der Waals surface area contributed by atoms with E-state index in [1.165, 1.54) is 0 Å². The molecule has 1 fully saturated rings. The van der Waals surface area contributed by atoms with Crippen LogP contribution in [0.1, 0.15) is 22.3 Å². The average molecular weight is 276 g/mol. The molecule has 0 radical (unpaired) electrons. The summed E-state index contributed by atoms with van der Waals surface area (Å²) >= 11 is 0. The summed E-state index contributed by atoms with van der Waals surface area (Å²) in [5.41, 5.74) is 1.31. The van der Waals surface area contributed by atoms with Crippen LogP contribution in [0.3, 0.4) is 0 Å². The molecule has 2 rings (SSSR count). The molecule has 1 aromatic carbocycles. The highest BCUT2D eigenvalue weighted by atomic mass is 16.4. The Hall–Kier alpha value is -1.88. The molecule has 0 spiro atoms. The van der Waals surface area contributed by atoms with Crippen molar-refractivity contribution < 1.29 is 14.7 Å². The fraction of sp³-hybridized carbons (Fsp3) is 0.467. The van der Waals surface area contributed by atoms with Crippen molar-refractivity contribution in [2.75, 3.05) is 26.7 Å². The number of hydrogen-bond donors (Lipinski definition) is 2. The lowest BCUT2D eigenvalue weighted by molar-refractivity contribution is -0.124. The van der Waals surface area contributed by atoms with Crippen LogP contribution in [0.15, 0.2) is 24.3 Å². The Balaban J connectivity index is 1.75. The minimum absolute atomic E-state index is 0.106. The molecule has 5 heteroatoms. The van der Waals surface area contributed by atoms with E-state index in [-0.39, 0.29) is 17.4 Å². The van der Waals surface area contributed by atoms with Gasteiger partial charge in [-0.1, -0.05) is 12.1 Å². The molecule has 1 saturated heterocycles. The van der Waals surface area contributed by atoms with Crippen LogP contribution < -0.4 is 5.32 Å². The highest BCUT2D eigenvalue weighted by Crippen LogP contribution is 2.14. The van der Waals surface area contributed by atoms with Crippen molar-refractivity contribution in [3.8, 4) is 0 Å². The lowest BCUT2D eigenvalue weighted by Gasteiger charge is -2.11. The van der Waals surface area contributed by atoms with Crippen LogP contribution in [0.25, 0.3) is 0 Å². The molecule has 108 valence electrons. The number of carboxylic acid groups (broad SMARTS) is 1. The van der Waals surface area contributed by atoms with E-state index < -0.39 is 5.97 Å². The number of carbonyl (C=O) groups is 2. The zero-order valence-electron chi connectivity index (χ0n) is 11.6. The zero-order chi connectivity index (χ0) is 14.5. The Morgan fingerprint density at radius 1 is 1.35 bits per heavy atom. The smallest absolute Gasteiger partial charge is 0.335 e. The van der Waals surface area contributed by atoms with Gasteiger partial charge in [-0.3, -0.25) is 4.79 Å². The molecule has 0 aromatic heterocycles. The quantitative estimate of drug-likeness (QED) is 0.841. The molecule has 0 bridgehead atoms. The number of rotatable bonds is 5. The lowest BCUT2D eigenvalue weighted by atomic mass is 10.1. The van der Waals surface area contributed by atoms with Crippen molar-refractivity contribution in [1.82, 2.24) is 10.2 Å². The van der Waals surface area contributed by atoms with Gasteiger partial charge in [-0.15, -0.1) is 0 Å². The van der Waals surface area contributed by atoms with Crippen molar-refractivity contribution in [2.45, 2.75) is 12.8 Å². The Morgan fingerprint density at radius 2 is 2.05 bits per heavy atom. The predicted molar refractivity (Wildman–Crippen MR) is 75.7 cm³/mol. The summed E-state index contributed by atoms with van der Waals surface area (Å²) in [5, 5.41) is 11.8. The van der Waals surface area contributed by atoms with E-state index in [0.717, 1.165) is 25.1 Å². The van der Waals surface area contributed by atoms with Gasteiger partial charge in [0.25, 0.3) is 0 Å². The number of aromatic carboxylic acids is 1. The Labute approximate surface area is 118 Å². The summed E-state index contributed by atoms with van der Waals surface area (Å²) in [6.07, 6.45) is 1.64. The minimum Gasteiger partial charge on any atom is -0.478 e. The van der Waals surface area contributed by atoms with Crippen molar-refractivity contribution in [3.63, 3.8) is 0 Å². The first-order chi connectivity index (χ1) is 9.56. The molecular formula is C15H20N2O3. The van der Waals surface area contributed by atoms with E-state index in [9.17, 15) is 9.59 Å². The third-order valence-electron chi connectivity index (χ3n) is 3.68. The monoisotopic (exact) mass is 276 g/mol. The highest BCUT2D eigenvalue weighted by molar-refractivity contribution is 5.87. The fourth-order valence-electron chi connectivity index (χ4n) is 2.44. The predicted octanol–water partition coefficient (Wildman–Crippen LogP) is 0.995. The summed E-state index contributed by atoms with van der Waals surface area (Å²) in [4.78, 5) is 24.8. The average Bonchev–Trinajstić information content (AvgIpc) is 2.86. The van der Waals surface area contributed by atoms with Crippen LogP contribution in [0.4, 0.5) is 0 Å². The Kier molecular flexibility index (Phi) is 4.74. The van der Waals surface area contributed by atoms with Gasteiger partial charge in [-0.25, -0.2) is 4.79 Å². The summed E-state index contributed by atoms with van der Waals surface area (Å²) in [7, 11) is 2.03. The van der Waals surface area contributed by atoms with Crippen LogP contribution in [0, 0.1) is 5.92 Å². The number of benzene rings is 1. The van der Waals surface area contributed by atoms with Gasteiger partial charge in [0.15, 0.2) is 0 Å². The Morgan fingerprint density at radius 3 is 2.60 bits per heavy atom. The van der Waals surface area contributed by atoms with Gasteiger partial charge in [-0.05, 0) is 44.1 Å². The minimum atomic E-state index is -0.921. The van der Waals surface area contributed by atoms with Crippen molar-refractivity contribution >= 4 is 11.9 Å². The molecular weight excluding hydrogens is 256 g/mol. The van der Waals surface area contributed by atoms with E-state index >= 15 is 0 Å². The second-order valence-electron chi connectivity index (χ2n) is 5.29. The van der Waals surface area contributed by atoms with Gasteiger partial charge >= 0.3 is 5.97 Å². The molecule has 5 nitrogen and oxygen atoms in total. The molecule has 0 aliphatic carbocycles. The fourth-order valence-corrected chi connectivity index (χ4v) is 2.44. The molecule has 20 heavy (non-hydrogen) atoms. The summed E-state index contributed by atoms with van der Waals surface area (Å²) in [5.74, 6) is -0.693. The van der Waals surface area contributed by atoms with Gasteiger partial charge in [0.2, 0.25) is 5.91 Å². The van der Waals surface area contributed by atoms with Crippen molar-refractivity contribution in [3.05, 3.63) is 35.4 Å². The van der Waals surface area contributed by atoms with Crippen LogP contribution >= 0.6 is 0 Å². The van der Waals surface area contributed by atoms with Crippen molar-refractivity contribution in [1.29, 1.82) is 0 Å². The normalized spacial score (nSPS) is 18.9. The highest BCUT2D eigenvalue weighted by Gasteiger charge is 2.25. The number of carboxylic acids is 1. The van der Waals surface area contributed by atoms with E-state index in [0.29, 0.717) is 13.0 Å². The number of amides is 1. The van der Waals surface area contributed by atoms with Gasteiger partial charge < -0.3 is 15.3 Å². The van der Waals surface area contributed by atoms with E-state index in [4.69, 9.17) is 5.11 Å². The Bertz CT molecular complexity index is 484. The van der Waals surface area contributed by atoms with Crippen LogP contribution in [-0.4, -0.2) is 48.6 Å². The summed E-state index contributed by atoms with van der Waals surface area (Å²) in [6.45, 7) is 2.40. The van der Waals surface area contributed by atoms with E-state index in [1.807, 2.05) is 7.05 Å². The second-order valence-corrected chi connectivity index (χ2v) is 5.29. The molecule has 0 saturated carbocycles. The van der Waals surface area contributed by atoms with Crippen molar-refractivity contribution in [2.24, 2.45) is 5.92 Å². The lowest BCUT2D eigenvalue weighted by Crippen LogP contribution is -2.33. The van der Waals surface area contributed by atoms with Crippen LogP contribution in [0.2, 0.25) is 0 Å². The maximum absolute atomic E-state index is 11.9. The standard InChI is InChI=1S/C15H20N2O3/c1-17-9-7-13(10-17)14(18)16-8-6-11-2-4-12(5-3-11)15(19)20/h2-5,13H,6-10H2,1H3,(H,16,18)(H,19,20). The molecule has 1 atom stereocenters. The first kappa shape index (κ1) is 14.5. The molecule has 1 unspecified atom stereocenters. The number of nitrogens with one attached hydrogen (secondary N) is 1. The number of hydrogen-bond acceptors (Lipinski definition) is 3. The molecule has 1 amide bonds. The number of carbonyl (C=O) groups excluding carboxylic acids is 1. The molecule has 1 aromatic rings. The topological polar surface area (TPSA) is 69.6 Å². The molecule has 2 N–H and O–H groups in total. The van der Waals surface area contributed by atoms with Gasteiger partial charge in [-0.2, -0.15) is 0 Å². The van der Waals surface area contributed by atoms with E-state index in [1.54, 1.807) is 24.3 Å². The molecule has 1 aliphatic heterocycles. The van der Waals surface area contributed by atoms with Crippen LogP contribution in [0.5, 0.6) is 0 Å². The molecule has 1 aliphatic rings. The van der Waals surface area contributed by atoms with Gasteiger partial charge in [0.05, 0.1) is 11.5 Å². The first-order valence-corrected chi connectivity index (χ1v) is 6.85. The number of nitrogens with zero attached hydrogens (tertiary/aromatic N) is 1. The SMILES string of the molecule is CN1CCC(C(=O)NCCc2ccc(C(=O)O)cc2)C1. The van der Waals surface area contributed by atoms with E-state index in [2.05, 4.69) is 10.2 Å². The largest absolute Gasteiger partial charge is 0.478 e. The summed E-state index contributed by atoms with van der Waals surface area (Å²) in [6, 6.07) is 6.76. The third kappa shape index (κ3) is 3.81. The molecule has 1 heterocycles. The first-order valence-electron chi connectivity index (χ1n) is 6.85. The third-order valence-corrected chi connectivity index (χ3v) is 3.68. The maximum atomic E-state index is 11.9. The van der Waals surface area contributed by atoms with Gasteiger partial charge in [0, 0.05) is 13.1 Å². The zero-order valence-corrected chi connectivity index (χ0v) is 11.6. The number of likely N-dealkylation sites (tertiary alicyclic amines) is 1. The summed E-state index contributed by atoms with van der Waals surface area (Å²) < 4.78 is 0. The van der Waals surface area contributed by atoms with Crippen LogP contribution in [-0.2, 0) is 11.2 Å². The second kappa shape index (κ2) is 6.52. The van der Waals surface area contributed by atoms with Gasteiger partial charge in [0.1, 0.15) is 0 Å².